The number of hydrogen-bond acceptors (Lipinski definition) is 4. The molecule has 2 aromatic rings. The van der Waals surface area contributed by atoms with Gasteiger partial charge in [0.1, 0.15) is 5.41 Å². The zero-order valence-electron chi connectivity index (χ0n) is 14.4. The van der Waals surface area contributed by atoms with E-state index >= 15 is 0 Å². The molecule has 0 unspecified atom stereocenters. The zero-order valence-corrected chi connectivity index (χ0v) is 15.2. The van der Waals surface area contributed by atoms with Crippen molar-refractivity contribution in [1.29, 1.82) is 0 Å². The number of ether oxygens (including phenoxy) is 1. The van der Waals surface area contributed by atoms with Crippen molar-refractivity contribution in [2.24, 2.45) is 0 Å². The van der Waals surface area contributed by atoms with Gasteiger partial charge in [-0.2, -0.15) is 0 Å². The van der Waals surface area contributed by atoms with E-state index in [1.165, 1.54) is 13.2 Å². The Labute approximate surface area is 157 Å². The van der Waals surface area contributed by atoms with Crippen molar-refractivity contribution in [3.8, 4) is 0 Å². The minimum absolute atomic E-state index is 0.289. The fourth-order valence-electron chi connectivity index (χ4n) is 3.14. The Morgan fingerprint density at radius 2 is 2.08 bits per heavy atom. The maximum absolute atomic E-state index is 12.6. The summed E-state index contributed by atoms with van der Waals surface area (Å²) in [6, 6.07) is 10.3. The van der Waals surface area contributed by atoms with E-state index in [1.54, 1.807) is 36.4 Å². The Morgan fingerprint density at radius 3 is 2.65 bits per heavy atom. The van der Waals surface area contributed by atoms with Crippen molar-refractivity contribution < 1.29 is 14.3 Å². The molecule has 0 bridgehead atoms. The first-order valence-electron chi connectivity index (χ1n) is 8.29. The number of esters is 1. The van der Waals surface area contributed by atoms with Gasteiger partial charge in [-0.15, -0.1) is 0 Å². The summed E-state index contributed by atoms with van der Waals surface area (Å²) in [7, 11) is 1.38. The molecule has 26 heavy (non-hydrogen) atoms. The van der Waals surface area contributed by atoms with Crippen LogP contribution in [0, 0.1) is 0 Å². The molecule has 1 amide bonds. The molecule has 1 saturated carbocycles. The van der Waals surface area contributed by atoms with Crippen LogP contribution in [0.5, 0.6) is 0 Å². The fraction of sp³-hybridized carbons (Fsp3) is 0.250. The summed E-state index contributed by atoms with van der Waals surface area (Å²) in [6.07, 6.45) is 3.84. The van der Waals surface area contributed by atoms with Gasteiger partial charge in [-0.05, 0) is 49.2 Å². The van der Waals surface area contributed by atoms with Gasteiger partial charge in [-0.3, -0.25) is 14.6 Å². The maximum Gasteiger partial charge on any atom is 0.317 e. The van der Waals surface area contributed by atoms with Crippen LogP contribution in [-0.4, -0.2) is 24.0 Å². The lowest BCUT2D eigenvalue weighted by atomic mass is 9.66. The second kappa shape index (κ2) is 7.30. The standard InChI is InChI=1S/C20H19ClN2O3/c1-3-16-15(18(24)22-14-7-4-6-13(21)12-14)8-9-17(23-16)20(10-5-11-20)19(25)26-2/h3-4,6-9,12H,1,5,10-11H2,2H3,(H,22,24). The number of aromatic nitrogens is 1. The normalized spacial score (nSPS) is 14.8. The van der Waals surface area contributed by atoms with Crippen LogP contribution >= 0.6 is 11.6 Å². The Bertz CT molecular complexity index is 875. The molecule has 1 aromatic carbocycles. The first-order chi connectivity index (χ1) is 12.5. The SMILES string of the molecule is C=Cc1nc(C2(C(=O)OC)CCC2)ccc1C(=O)Nc1cccc(Cl)c1. The second-order valence-electron chi connectivity index (χ2n) is 6.23. The Kier molecular flexibility index (Phi) is 5.09. The van der Waals surface area contributed by atoms with Crippen molar-refractivity contribution in [2.45, 2.75) is 24.7 Å². The molecule has 1 aliphatic rings. The van der Waals surface area contributed by atoms with E-state index in [1.807, 2.05) is 0 Å². The first-order valence-corrected chi connectivity index (χ1v) is 8.67. The summed E-state index contributed by atoms with van der Waals surface area (Å²) in [4.78, 5) is 29.4. The maximum atomic E-state index is 12.6. The number of hydrogen-bond donors (Lipinski definition) is 1. The number of carbonyl (C=O) groups excluding carboxylic acids is 2. The Morgan fingerprint density at radius 1 is 1.31 bits per heavy atom. The molecular formula is C20H19ClN2O3. The van der Waals surface area contributed by atoms with Crippen LogP contribution in [0.2, 0.25) is 5.02 Å². The summed E-state index contributed by atoms with van der Waals surface area (Å²) >= 11 is 5.95. The minimum atomic E-state index is -0.714. The van der Waals surface area contributed by atoms with Gasteiger partial charge in [0.05, 0.1) is 24.1 Å². The molecule has 0 aliphatic heterocycles. The van der Waals surface area contributed by atoms with Gasteiger partial charge in [-0.25, -0.2) is 0 Å². The van der Waals surface area contributed by atoms with Gasteiger partial charge in [0.15, 0.2) is 0 Å². The van der Waals surface area contributed by atoms with E-state index in [2.05, 4.69) is 16.9 Å². The molecule has 1 aliphatic carbocycles. The van der Waals surface area contributed by atoms with Gasteiger partial charge < -0.3 is 10.1 Å². The van der Waals surface area contributed by atoms with Crippen LogP contribution in [-0.2, 0) is 14.9 Å². The third-order valence-electron chi connectivity index (χ3n) is 4.72. The van der Waals surface area contributed by atoms with Crippen LogP contribution < -0.4 is 5.32 Å². The molecule has 5 nitrogen and oxygen atoms in total. The molecule has 134 valence electrons. The average molecular weight is 371 g/mol. The van der Waals surface area contributed by atoms with Crippen molar-refractivity contribution >= 4 is 35.2 Å². The van der Waals surface area contributed by atoms with E-state index in [0.29, 0.717) is 40.5 Å². The van der Waals surface area contributed by atoms with Gasteiger partial charge in [0.2, 0.25) is 0 Å². The number of benzene rings is 1. The van der Waals surface area contributed by atoms with Gasteiger partial charge in [-0.1, -0.05) is 30.7 Å². The highest BCUT2D eigenvalue weighted by atomic mass is 35.5. The van der Waals surface area contributed by atoms with Crippen LogP contribution in [0.4, 0.5) is 5.69 Å². The number of rotatable bonds is 5. The lowest BCUT2D eigenvalue weighted by Crippen LogP contribution is -2.44. The van der Waals surface area contributed by atoms with Crippen molar-refractivity contribution in [2.75, 3.05) is 12.4 Å². The predicted octanol–water partition coefficient (Wildman–Crippen LogP) is 4.23. The molecule has 0 atom stereocenters. The monoisotopic (exact) mass is 370 g/mol. The van der Waals surface area contributed by atoms with Gasteiger partial charge >= 0.3 is 5.97 Å². The number of nitrogens with zero attached hydrogens (tertiary/aromatic N) is 1. The highest BCUT2D eigenvalue weighted by molar-refractivity contribution is 6.31. The van der Waals surface area contributed by atoms with E-state index < -0.39 is 5.41 Å². The van der Waals surface area contributed by atoms with E-state index in [0.717, 1.165) is 6.42 Å². The van der Waals surface area contributed by atoms with E-state index in [4.69, 9.17) is 16.3 Å². The minimum Gasteiger partial charge on any atom is -0.468 e. The van der Waals surface area contributed by atoms with Crippen LogP contribution in [0.15, 0.2) is 43.0 Å². The molecule has 0 radical (unpaired) electrons. The molecule has 1 fully saturated rings. The Balaban J connectivity index is 1.91. The van der Waals surface area contributed by atoms with E-state index in [-0.39, 0.29) is 11.9 Å². The van der Waals surface area contributed by atoms with Crippen molar-refractivity contribution in [3.63, 3.8) is 0 Å². The molecule has 0 saturated heterocycles. The van der Waals surface area contributed by atoms with Crippen LogP contribution in [0.25, 0.3) is 6.08 Å². The molecule has 3 rings (SSSR count). The number of anilines is 1. The van der Waals surface area contributed by atoms with Crippen molar-refractivity contribution in [1.82, 2.24) is 4.98 Å². The third-order valence-corrected chi connectivity index (χ3v) is 4.95. The summed E-state index contributed by atoms with van der Waals surface area (Å²) in [6.45, 7) is 3.75. The van der Waals surface area contributed by atoms with Gasteiger partial charge in [0, 0.05) is 10.7 Å². The quantitative estimate of drug-likeness (QED) is 0.800. The number of amides is 1. The average Bonchev–Trinajstić information content (AvgIpc) is 2.60. The van der Waals surface area contributed by atoms with Gasteiger partial charge in [0.25, 0.3) is 5.91 Å². The van der Waals surface area contributed by atoms with E-state index in [9.17, 15) is 9.59 Å². The molecule has 1 heterocycles. The largest absolute Gasteiger partial charge is 0.468 e. The lowest BCUT2D eigenvalue weighted by molar-refractivity contribution is -0.151. The number of methoxy groups -OCH3 is 1. The lowest BCUT2D eigenvalue weighted by Gasteiger charge is -2.38. The number of halogens is 1. The summed E-state index contributed by atoms with van der Waals surface area (Å²) in [5.74, 6) is -0.607. The predicted molar refractivity (Wildman–Crippen MR) is 101 cm³/mol. The Hall–Kier alpha value is -2.66. The second-order valence-corrected chi connectivity index (χ2v) is 6.66. The third kappa shape index (κ3) is 3.22. The summed E-state index contributed by atoms with van der Waals surface area (Å²) < 4.78 is 4.96. The van der Waals surface area contributed by atoms with Crippen LogP contribution in [0.3, 0.4) is 0 Å². The molecule has 1 aromatic heterocycles. The summed E-state index contributed by atoms with van der Waals surface area (Å²) in [5.41, 5.74) is 1.30. The molecule has 1 N–H and O–H groups in total. The number of carbonyl (C=O) groups is 2. The highest BCUT2D eigenvalue weighted by Crippen LogP contribution is 2.44. The smallest absolute Gasteiger partial charge is 0.317 e. The summed E-state index contributed by atoms with van der Waals surface area (Å²) in [5, 5.41) is 3.32. The zero-order chi connectivity index (χ0) is 18.7. The first kappa shape index (κ1) is 18.1. The molecule has 0 spiro atoms. The fourth-order valence-corrected chi connectivity index (χ4v) is 3.33. The number of pyridine rings is 1. The van der Waals surface area contributed by atoms with Crippen LogP contribution in [0.1, 0.15) is 41.0 Å². The number of nitrogens with one attached hydrogen (secondary N) is 1. The molecular weight excluding hydrogens is 352 g/mol. The highest BCUT2D eigenvalue weighted by Gasteiger charge is 2.48. The molecule has 6 heteroatoms. The topological polar surface area (TPSA) is 68.3 Å². The van der Waals surface area contributed by atoms with Crippen molar-refractivity contribution in [3.05, 3.63) is 65.0 Å².